The second-order valence-electron chi connectivity index (χ2n) is 7.60. The van der Waals surface area contributed by atoms with E-state index in [1.165, 1.54) is 0 Å². The molecule has 1 aliphatic rings. The fraction of sp³-hybridized carbons (Fsp3) is 0.227. The summed E-state index contributed by atoms with van der Waals surface area (Å²) in [5.74, 6) is 1.72. The van der Waals surface area contributed by atoms with Gasteiger partial charge in [0, 0.05) is 30.3 Å². The predicted octanol–water partition coefficient (Wildman–Crippen LogP) is 4.34. The van der Waals surface area contributed by atoms with E-state index in [-0.39, 0.29) is 6.04 Å². The van der Waals surface area contributed by atoms with E-state index in [0.29, 0.717) is 0 Å². The molecule has 0 spiro atoms. The molecule has 1 unspecified atom stereocenters. The maximum Gasteiger partial charge on any atom is 0.157 e. The third kappa shape index (κ3) is 2.54. The van der Waals surface area contributed by atoms with Crippen molar-refractivity contribution in [3.63, 3.8) is 0 Å². The Balaban J connectivity index is 1.62. The van der Waals surface area contributed by atoms with Gasteiger partial charge in [0.1, 0.15) is 5.82 Å². The zero-order valence-corrected chi connectivity index (χ0v) is 17.0. The van der Waals surface area contributed by atoms with Crippen LogP contribution in [0.15, 0.2) is 48.9 Å². The molecule has 0 fully saturated rings. The van der Waals surface area contributed by atoms with Gasteiger partial charge in [-0.05, 0) is 37.6 Å². The molecular formula is C22H23N7. The number of hydrogen-bond acceptors (Lipinski definition) is 6. The van der Waals surface area contributed by atoms with Crippen molar-refractivity contribution < 1.29 is 0 Å². The first kappa shape index (κ1) is 17.5. The molecule has 1 aliphatic heterocycles. The summed E-state index contributed by atoms with van der Waals surface area (Å²) in [6.07, 6.45) is 1.87. The fourth-order valence-corrected chi connectivity index (χ4v) is 4.10. The largest absolute Gasteiger partial charge is 0.362 e. The van der Waals surface area contributed by atoms with E-state index < -0.39 is 0 Å². The Kier molecular flexibility index (Phi) is 3.74. The van der Waals surface area contributed by atoms with Crippen LogP contribution in [0.25, 0.3) is 21.7 Å². The predicted molar refractivity (Wildman–Crippen MR) is 118 cm³/mol. The summed E-state index contributed by atoms with van der Waals surface area (Å²) >= 11 is 0. The molecule has 0 saturated heterocycles. The molecule has 3 heterocycles. The minimum atomic E-state index is 0.0418. The van der Waals surface area contributed by atoms with Crippen LogP contribution < -0.4 is 15.1 Å². The Bertz CT molecular complexity index is 1270. The molecule has 0 aliphatic carbocycles. The fourth-order valence-electron chi connectivity index (χ4n) is 4.10. The highest BCUT2D eigenvalue weighted by atomic mass is 15.4. The van der Waals surface area contributed by atoms with Crippen molar-refractivity contribution in [1.82, 2.24) is 20.4 Å². The van der Waals surface area contributed by atoms with Crippen LogP contribution in [0, 0.1) is 6.92 Å². The van der Waals surface area contributed by atoms with Gasteiger partial charge in [0.15, 0.2) is 5.82 Å². The minimum absolute atomic E-state index is 0.0418. The second-order valence-corrected chi connectivity index (χ2v) is 7.60. The molecule has 29 heavy (non-hydrogen) atoms. The molecular weight excluding hydrogens is 362 g/mol. The topological polar surface area (TPSA) is 73.0 Å². The number of rotatable bonds is 3. The van der Waals surface area contributed by atoms with Gasteiger partial charge in [-0.25, -0.2) is 0 Å². The van der Waals surface area contributed by atoms with Gasteiger partial charge in [0.25, 0.3) is 0 Å². The van der Waals surface area contributed by atoms with E-state index in [4.69, 9.17) is 0 Å². The van der Waals surface area contributed by atoms with E-state index in [2.05, 4.69) is 67.2 Å². The summed E-state index contributed by atoms with van der Waals surface area (Å²) in [5.41, 5.74) is 5.34. The maximum atomic E-state index is 4.49. The quantitative estimate of drug-likeness (QED) is 0.546. The molecule has 0 bridgehead atoms. The number of aryl methyl sites for hydroxylation is 1. The molecule has 5 rings (SSSR count). The van der Waals surface area contributed by atoms with Gasteiger partial charge in [-0.2, -0.15) is 10.2 Å². The summed E-state index contributed by atoms with van der Waals surface area (Å²) in [6.45, 7) is 8.30. The number of hydrogen-bond donors (Lipinski definition) is 2. The third-order valence-electron chi connectivity index (χ3n) is 5.89. The monoisotopic (exact) mass is 385 g/mol. The first-order chi connectivity index (χ1) is 14.0. The lowest BCUT2D eigenvalue weighted by Crippen LogP contribution is -2.20. The second kappa shape index (κ2) is 6.20. The molecule has 2 N–H and O–H groups in total. The smallest absolute Gasteiger partial charge is 0.157 e. The van der Waals surface area contributed by atoms with Crippen LogP contribution in [0.3, 0.4) is 0 Å². The molecule has 4 aromatic rings. The summed E-state index contributed by atoms with van der Waals surface area (Å²) in [5, 5.41) is 22.9. The number of anilines is 3. The number of nitrogens with zero attached hydrogens (tertiary/aromatic N) is 5. The Labute approximate surface area is 169 Å². The van der Waals surface area contributed by atoms with Crippen LogP contribution in [0.1, 0.15) is 24.2 Å². The molecule has 1 atom stereocenters. The van der Waals surface area contributed by atoms with Crippen molar-refractivity contribution in [1.29, 1.82) is 0 Å². The highest BCUT2D eigenvalue weighted by molar-refractivity contribution is 6.02. The van der Waals surface area contributed by atoms with E-state index in [1.807, 2.05) is 39.3 Å². The van der Waals surface area contributed by atoms with Gasteiger partial charge in [0.05, 0.1) is 34.8 Å². The molecule has 7 nitrogen and oxygen atoms in total. The van der Waals surface area contributed by atoms with Gasteiger partial charge < -0.3 is 15.1 Å². The average Bonchev–Trinajstić information content (AvgIpc) is 3.29. The molecule has 0 radical (unpaired) electrons. The van der Waals surface area contributed by atoms with Crippen LogP contribution in [-0.2, 0) is 0 Å². The van der Waals surface area contributed by atoms with Crippen molar-refractivity contribution >= 4 is 38.9 Å². The standard InChI is InChI=1S/C22H23N7/c1-12(15-7-6-8-19-18(15)11-23-26-19)24-22-17-10-21-20(28(4)14(3)29(21)5)9-16(17)13(2)25-27-22/h6-12H,3H2,1-2,4-5H3,(H,23,26)(H,24,27). The van der Waals surface area contributed by atoms with Crippen molar-refractivity contribution in [2.45, 2.75) is 19.9 Å². The number of benzene rings is 2. The van der Waals surface area contributed by atoms with Crippen molar-refractivity contribution in [2.24, 2.45) is 0 Å². The van der Waals surface area contributed by atoms with Crippen molar-refractivity contribution in [3.05, 3.63) is 60.2 Å². The first-order valence-corrected chi connectivity index (χ1v) is 9.61. The minimum Gasteiger partial charge on any atom is -0.362 e. The van der Waals surface area contributed by atoms with Gasteiger partial charge in [-0.3, -0.25) is 5.10 Å². The Morgan fingerprint density at radius 2 is 1.76 bits per heavy atom. The first-order valence-electron chi connectivity index (χ1n) is 9.61. The van der Waals surface area contributed by atoms with E-state index in [0.717, 1.165) is 55.9 Å². The van der Waals surface area contributed by atoms with Gasteiger partial charge in [-0.15, -0.1) is 5.10 Å². The SMILES string of the molecule is C=C1N(C)c2cc3c(C)nnc(NC(C)c4cccc5[nH]ncc45)c3cc2N1C. The summed E-state index contributed by atoms with van der Waals surface area (Å²) in [7, 11) is 4.07. The molecule has 0 saturated carbocycles. The molecule has 146 valence electrons. The summed E-state index contributed by atoms with van der Waals surface area (Å²) in [6, 6.07) is 10.6. The lowest BCUT2D eigenvalue weighted by Gasteiger charge is -2.18. The van der Waals surface area contributed by atoms with Crippen LogP contribution >= 0.6 is 0 Å². The number of aromatic amines is 1. The lowest BCUT2D eigenvalue weighted by molar-refractivity contribution is 0.869. The zero-order chi connectivity index (χ0) is 20.3. The number of aromatic nitrogens is 4. The molecule has 2 aromatic heterocycles. The number of nitrogens with one attached hydrogen (secondary N) is 2. The van der Waals surface area contributed by atoms with Crippen molar-refractivity contribution in [2.75, 3.05) is 29.2 Å². The highest BCUT2D eigenvalue weighted by Gasteiger charge is 2.26. The summed E-state index contributed by atoms with van der Waals surface area (Å²) in [4.78, 5) is 4.20. The van der Waals surface area contributed by atoms with Gasteiger partial charge in [-0.1, -0.05) is 18.7 Å². The highest BCUT2D eigenvalue weighted by Crippen LogP contribution is 2.43. The normalized spacial score (nSPS) is 14.7. The Morgan fingerprint density at radius 1 is 1.03 bits per heavy atom. The van der Waals surface area contributed by atoms with E-state index >= 15 is 0 Å². The summed E-state index contributed by atoms with van der Waals surface area (Å²) < 4.78 is 0. The van der Waals surface area contributed by atoms with Gasteiger partial charge >= 0.3 is 0 Å². The van der Waals surface area contributed by atoms with Crippen LogP contribution in [0.5, 0.6) is 0 Å². The Morgan fingerprint density at radius 3 is 2.52 bits per heavy atom. The lowest BCUT2D eigenvalue weighted by atomic mass is 10.0. The van der Waals surface area contributed by atoms with Crippen LogP contribution in [-0.4, -0.2) is 34.5 Å². The maximum absolute atomic E-state index is 4.49. The number of fused-ring (bicyclic) bond motifs is 3. The van der Waals surface area contributed by atoms with E-state index in [1.54, 1.807) is 0 Å². The average molecular weight is 385 g/mol. The molecule has 2 aromatic carbocycles. The van der Waals surface area contributed by atoms with Crippen molar-refractivity contribution in [3.8, 4) is 0 Å². The third-order valence-corrected chi connectivity index (χ3v) is 5.89. The number of H-pyrrole nitrogens is 1. The van der Waals surface area contributed by atoms with E-state index in [9.17, 15) is 0 Å². The Hall–Kier alpha value is -3.61. The van der Waals surface area contributed by atoms with Gasteiger partial charge in [0.2, 0.25) is 0 Å². The van der Waals surface area contributed by atoms with Crippen LogP contribution in [0.2, 0.25) is 0 Å². The van der Waals surface area contributed by atoms with Crippen LogP contribution in [0.4, 0.5) is 17.2 Å². The molecule has 0 amide bonds. The molecule has 7 heteroatoms. The zero-order valence-electron chi connectivity index (χ0n) is 17.0.